The number of hydrogen-bond acceptors (Lipinski definition) is 9. The molecule has 1 N–H and O–H groups in total. The van der Waals surface area contributed by atoms with E-state index in [-0.39, 0.29) is 0 Å². The van der Waals surface area contributed by atoms with E-state index in [0.29, 0.717) is 23.5 Å². The molecule has 2 aromatic rings. The van der Waals surface area contributed by atoms with E-state index in [9.17, 15) is 30.3 Å². The van der Waals surface area contributed by atoms with Crippen molar-refractivity contribution in [1.82, 2.24) is 4.90 Å². The summed E-state index contributed by atoms with van der Waals surface area (Å²) >= 11 is 0. The average Bonchev–Trinajstić information content (AvgIpc) is 2.79. The van der Waals surface area contributed by atoms with Gasteiger partial charge in [0.1, 0.15) is 5.75 Å². The summed E-state index contributed by atoms with van der Waals surface area (Å²) in [5.74, 6) is 0.459. The van der Waals surface area contributed by atoms with Crippen LogP contribution in [-0.4, -0.2) is 52.0 Å². The molecule has 1 fully saturated rings. The van der Waals surface area contributed by atoms with Crippen LogP contribution in [0.1, 0.15) is 32.3 Å². The number of phenolic OH excluding ortho intramolecular Hbond substituents is 1. The SMILES string of the molecule is CC[C@@]1(c2cccc(OC)c2)CCN(C)C[C@@H]1C.O=[N+]([O-])c1cc([N+](=O)[O-])c(O)c([N+](=O)[O-])c1. The Labute approximate surface area is 196 Å². The van der Waals surface area contributed by atoms with E-state index < -0.39 is 37.6 Å². The standard InChI is InChI=1S/C16H25NO.C6H3N3O7/c1-5-16(9-10-17(3)12-13(16)2)14-7-6-8-15(11-14)18-4;10-6-4(8(13)14)1-3(7(11)12)2-5(6)9(15)16/h6-8,11,13H,5,9-10,12H2,1-4H3;1-2,10H/t13-,16+;/m0./s1. The quantitative estimate of drug-likeness (QED) is 0.469. The second kappa shape index (κ2) is 10.9. The molecule has 0 aliphatic carbocycles. The van der Waals surface area contributed by atoms with Gasteiger partial charge < -0.3 is 14.7 Å². The summed E-state index contributed by atoms with van der Waals surface area (Å²) in [6, 6.07) is 9.55. The number of nitro groups is 3. The fourth-order valence-electron chi connectivity index (χ4n) is 4.43. The molecule has 12 nitrogen and oxygen atoms in total. The van der Waals surface area contributed by atoms with Gasteiger partial charge in [-0.2, -0.15) is 0 Å². The van der Waals surface area contributed by atoms with Gasteiger partial charge in [-0.05, 0) is 50.0 Å². The van der Waals surface area contributed by atoms with E-state index in [1.165, 1.54) is 31.5 Å². The first-order valence-electron chi connectivity index (χ1n) is 10.6. The van der Waals surface area contributed by atoms with Crippen molar-refractivity contribution in [2.24, 2.45) is 5.92 Å². The van der Waals surface area contributed by atoms with Crippen molar-refractivity contribution < 1.29 is 24.6 Å². The summed E-state index contributed by atoms with van der Waals surface area (Å²) in [6.45, 7) is 7.08. The molecule has 0 bridgehead atoms. The summed E-state index contributed by atoms with van der Waals surface area (Å²) in [5.41, 5.74) is -1.23. The Kier molecular flexibility index (Phi) is 8.46. The number of ether oxygens (including phenoxy) is 1. The second-order valence-corrected chi connectivity index (χ2v) is 8.26. The highest BCUT2D eigenvalue weighted by Crippen LogP contribution is 2.43. The van der Waals surface area contributed by atoms with Crippen molar-refractivity contribution in [3.8, 4) is 11.5 Å². The molecular formula is C22H28N4O8. The van der Waals surface area contributed by atoms with Crippen LogP contribution in [-0.2, 0) is 5.41 Å². The molecule has 12 heteroatoms. The Bertz CT molecular complexity index is 1040. The number of nitro benzene ring substituents is 3. The van der Waals surface area contributed by atoms with Crippen LogP contribution in [0.4, 0.5) is 17.1 Å². The van der Waals surface area contributed by atoms with E-state index >= 15 is 0 Å². The maximum atomic E-state index is 10.4. The lowest BCUT2D eigenvalue weighted by molar-refractivity contribution is -0.404. The zero-order valence-corrected chi connectivity index (χ0v) is 19.5. The van der Waals surface area contributed by atoms with Gasteiger partial charge in [0.05, 0.1) is 34.0 Å². The van der Waals surface area contributed by atoms with Gasteiger partial charge in [0.25, 0.3) is 11.4 Å². The fourth-order valence-corrected chi connectivity index (χ4v) is 4.43. The Morgan fingerprint density at radius 3 is 2.12 bits per heavy atom. The van der Waals surface area contributed by atoms with Crippen LogP contribution in [0.3, 0.4) is 0 Å². The van der Waals surface area contributed by atoms with Crippen LogP contribution in [0.2, 0.25) is 0 Å². The van der Waals surface area contributed by atoms with E-state index in [2.05, 4.69) is 44.0 Å². The number of piperidine rings is 1. The van der Waals surface area contributed by atoms with E-state index in [4.69, 9.17) is 9.84 Å². The third-order valence-corrected chi connectivity index (χ3v) is 6.40. The highest BCUT2D eigenvalue weighted by atomic mass is 16.6. The largest absolute Gasteiger partial charge is 0.497 e. The molecule has 3 rings (SSSR count). The molecule has 1 aliphatic rings. The molecular weight excluding hydrogens is 448 g/mol. The Morgan fingerprint density at radius 1 is 1.09 bits per heavy atom. The van der Waals surface area contributed by atoms with Gasteiger partial charge in [0.15, 0.2) is 0 Å². The number of likely N-dealkylation sites (tertiary alicyclic amines) is 1. The molecule has 2 aromatic carbocycles. The molecule has 2 atom stereocenters. The number of nitrogens with zero attached hydrogens (tertiary/aromatic N) is 4. The zero-order valence-electron chi connectivity index (χ0n) is 19.5. The maximum absolute atomic E-state index is 10.4. The molecule has 34 heavy (non-hydrogen) atoms. The van der Waals surface area contributed by atoms with Gasteiger partial charge >= 0.3 is 11.4 Å². The number of methoxy groups -OCH3 is 1. The highest BCUT2D eigenvalue weighted by Gasteiger charge is 2.39. The topological polar surface area (TPSA) is 162 Å². The van der Waals surface area contributed by atoms with Gasteiger partial charge in [0, 0.05) is 12.0 Å². The number of aromatic hydroxyl groups is 1. The first-order valence-corrected chi connectivity index (χ1v) is 10.6. The van der Waals surface area contributed by atoms with Gasteiger partial charge in [-0.15, -0.1) is 0 Å². The molecule has 1 heterocycles. The minimum Gasteiger partial charge on any atom is -0.497 e. The lowest BCUT2D eigenvalue weighted by atomic mass is 9.65. The molecule has 0 spiro atoms. The van der Waals surface area contributed by atoms with Crippen molar-refractivity contribution >= 4 is 17.1 Å². The Balaban J connectivity index is 0.000000242. The molecule has 1 saturated heterocycles. The summed E-state index contributed by atoms with van der Waals surface area (Å²) < 4.78 is 5.38. The van der Waals surface area contributed by atoms with Gasteiger partial charge in [-0.1, -0.05) is 26.0 Å². The summed E-state index contributed by atoms with van der Waals surface area (Å²) in [4.78, 5) is 30.2. The minimum absolute atomic E-state index is 0.320. The third kappa shape index (κ3) is 5.57. The van der Waals surface area contributed by atoms with E-state index in [1.54, 1.807) is 7.11 Å². The van der Waals surface area contributed by atoms with Gasteiger partial charge in [-0.3, -0.25) is 30.3 Å². The summed E-state index contributed by atoms with van der Waals surface area (Å²) in [7, 11) is 3.97. The number of rotatable bonds is 6. The number of benzene rings is 2. The van der Waals surface area contributed by atoms with Gasteiger partial charge in [0.2, 0.25) is 0 Å². The molecule has 0 radical (unpaired) electrons. The monoisotopic (exact) mass is 476 g/mol. The molecule has 0 aromatic heterocycles. The third-order valence-electron chi connectivity index (χ3n) is 6.40. The van der Waals surface area contributed by atoms with Gasteiger partial charge in [-0.25, -0.2) is 0 Å². The fraction of sp³-hybridized carbons (Fsp3) is 0.455. The van der Waals surface area contributed by atoms with E-state index in [1.807, 2.05) is 6.07 Å². The average molecular weight is 476 g/mol. The predicted molar refractivity (Wildman–Crippen MR) is 124 cm³/mol. The molecule has 184 valence electrons. The van der Waals surface area contributed by atoms with Crippen molar-refractivity contribution in [3.63, 3.8) is 0 Å². The summed E-state index contributed by atoms with van der Waals surface area (Å²) in [6.07, 6.45) is 2.45. The number of phenols is 1. The Morgan fingerprint density at radius 2 is 1.68 bits per heavy atom. The normalized spacial score (nSPS) is 20.1. The molecule has 0 amide bonds. The number of non-ortho nitro benzene ring substituents is 1. The van der Waals surface area contributed by atoms with Crippen LogP contribution in [0, 0.1) is 36.3 Å². The molecule has 0 unspecified atom stereocenters. The minimum atomic E-state index is -1.21. The highest BCUT2D eigenvalue weighted by molar-refractivity contribution is 5.64. The van der Waals surface area contributed by atoms with Crippen molar-refractivity contribution in [2.75, 3.05) is 27.2 Å². The maximum Gasteiger partial charge on any atom is 0.324 e. The van der Waals surface area contributed by atoms with Crippen LogP contribution in [0.15, 0.2) is 36.4 Å². The zero-order chi connectivity index (χ0) is 25.6. The molecule has 1 aliphatic heterocycles. The first kappa shape index (κ1) is 26.5. The lowest BCUT2D eigenvalue weighted by Crippen LogP contribution is -2.47. The summed E-state index contributed by atoms with van der Waals surface area (Å²) in [5, 5.41) is 40.2. The van der Waals surface area contributed by atoms with Crippen LogP contribution in [0.25, 0.3) is 0 Å². The molecule has 0 saturated carbocycles. The van der Waals surface area contributed by atoms with Crippen LogP contribution in [0.5, 0.6) is 11.5 Å². The smallest absolute Gasteiger partial charge is 0.324 e. The van der Waals surface area contributed by atoms with Crippen molar-refractivity contribution in [1.29, 1.82) is 0 Å². The number of hydrogen-bond donors (Lipinski definition) is 1. The predicted octanol–water partition coefficient (Wildman–Crippen LogP) is 4.43. The van der Waals surface area contributed by atoms with Crippen molar-refractivity contribution in [2.45, 2.75) is 32.1 Å². The van der Waals surface area contributed by atoms with E-state index in [0.717, 1.165) is 5.75 Å². The first-order chi connectivity index (χ1) is 16.0. The Hall–Kier alpha value is -3.80. The van der Waals surface area contributed by atoms with Crippen molar-refractivity contribution in [3.05, 3.63) is 72.3 Å². The second-order valence-electron chi connectivity index (χ2n) is 8.26. The lowest BCUT2D eigenvalue weighted by Gasteiger charge is -2.46. The van der Waals surface area contributed by atoms with Crippen LogP contribution < -0.4 is 4.74 Å². The van der Waals surface area contributed by atoms with Crippen LogP contribution >= 0.6 is 0 Å².